The summed E-state index contributed by atoms with van der Waals surface area (Å²) in [6.45, 7) is 0.334. The number of carbonyl (C=O) groups is 1. The topological polar surface area (TPSA) is 83.8 Å². The fourth-order valence-electron chi connectivity index (χ4n) is 0.620. The van der Waals surface area contributed by atoms with Crippen molar-refractivity contribution in [2.24, 2.45) is 5.73 Å². The zero-order chi connectivity index (χ0) is 8.10. The van der Waals surface area contributed by atoms with Crippen molar-refractivity contribution < 1.29 is 4.79 Å². The Labute approximate surface area is 64.0 Å². The normalized spacial score (nSPS) is 9.55. The largest absolute Gasteiger partial charge is 0.375 e. The summed E-state index contributed by atoms with van der Waals surface area (Å²) in [6, 6.07) is 0. The lowest BCUT2D eigenvalue weighted by atomic mass is 10.4. The lowest BCUT2D eigenvalue weighted by Gasteiger charge is -1.98. The van der Waals surface area contributed by atoms with E-state index >= 15 is 0 Å². The maximum absolute atomic E-state index is 10.7. The Balaban J connectivity index is 2.29. The van der Waals surface area contributed by atoms with E-state index in [1.165, 1.54) is 0 Å². The maximum atomic E-state index is 10.7. The van der Waals surface area contributed by atoms with Gasteiger partial charge in [-0.1, -0.05) is 0 Å². The molecule has 0 aliphatic rings. The minimum absolute atomic E-state index is 0.0220. The van der Waals surface area contributed by atoms with Crippen molar-refractivity contribution in [2.45, 2.75) is 0 Å². The fourth-order valence-corrected chi connectivity index (χ4v) is 0.620. The first-order valence-corrected chi connectivity index (χ1v) is 3.27. The molecule has 1 aromatic heterocycles. The number of nitrogens with one attached hydrogen (secondary N) is 2. The van der Waals surface area contributed by atoms with Crippen LogP contribution in [0.2, 0.25) is 0 Å². The van der Waals surface area contributed by atoms with Crippen LogP contribution in [-0.2, 0) is 4.79 Å². The number of hydrogen-bond donors (Lipinski definition) is 3. The second kappa shape index (κ2) is 3.72. The summed E-state index contributed by atoms with van der Waals surface area (Å²) in [5.74, 6) is -0.0220. The molecule has 5 heteroatoms. The number of carbonyl (C=O) groups excluding carboxylic acids is 1. The molecule has 1 aromatic rings. The zero-order valence-electron chi connectivity index (χ0n) is 6.00. The third-order valence-electron chi connectivity index (χ3n) is 1.22. The predicted molar refractivity (Wildman–Crippen MR) is 41.1 cm³/mol. The number of nitrogens with zero attached hydrogens (tertiary/aromatic N) is 1. The molecule has 1 rings (SSSR count). The molecule has 0 spiro atoms. The van der Waals surface area contributed by atoms with Crippen LogP contribution in [0.15, 0.2) is 12.4 Å². The molecular formula is C6H10N4O. The van der Waals surface area contributed by atoms with E-state index in [1.807, 2.05) is 0 Å². The Morgan fingerprint density at radius 3 is 3.18 bits per heavy atom. The number of Topliss-reactive ketones (excluding diaryl/α,β-unsaturated/α-hetero) is 1. The average Bonchev–Trinajstić information content (AvgIpc) is 2.52. The summed E-state index contributed by atoms with van der Waals surface area (Å²) in [5, 5.41) is 9.16. The third kappa shape index (κ3) is 2.38. The molecule has 0 saturated carbocycles. The van der Waals surface area contributed by atoms with Crippen molar-refractivity contribution in [3.63, 3.8) is 0 Å². The molecule has 0 amide bonds. The highest BCUT2D eigenvalue weighted by atomic mass is 16.1. The van der Waals surface area contributed by atoms with Gasteiger partial charge in [0.25, 0.3) is 0 Å². The van der Waals surface area contributed by atoms with Crippen LogP contribution in [0, 0.1) is 0 Å². The van der Waals surface area contributed by atoms with Gasteiger partial charge in [0.15, 0.2) is 5.78 Å². The molecule has 0 aliphatic heterocycles. The second-order valence-electron chi connectivity index (χ2n) is 2.08. The molecular weight excluding hydrogens is 144 g/mol. The molecule has 0 bridgehead atoms. The lowest BCUT2D eigenvalue weighted by Crippen LogP contribution is -2.21. The zero-order valence-corrected chi connectivity index (χ0v) is 6.00. The first-order chi connectivity index (χ1) is 5.33. The van der Waals surface area contributed by atoms with Crippen molar-refractivity contribution >= 4 is 11.5 Å². The highest BCUT2D eigenvalue weighted by molar-refractivity contribution is 5.84. The molecule has 0 radical (unpaired) electrons. The van der Waals surface area contributed by atoms with Crippen LogP contribution in [0.1, 0.15) is 0 Å². The number of anilines is 1. The summed E-state index contributed by atoms with van der Waals surface area (Å²) in [4.78, 5) is 10.7. The van der Waals surface area contributed by atoms with E-state index in [9.17, 15) is 4.79 Å². The molecule has 0 unspecified atom stereocenters. The highest BCUT2D eigenvalue weighted by Gasteiger charge is 1.97. The first kappa shape index (κ1) is 7.74. The van der Waals surface area contributed by atoms with Gasteiger partial charge in [-0.15, -0.1) is 0 Å². The molecule has 0 saturated heterocycles. The van der Waals surface area contributed by atoms with Crippen LogP contribution in [-0.4, -0.2) is 29.1 Å². The summed E-state index contributed by atoms with van der Waals surface area (Å²) < 4.78 is 0. The Kier molecular flexibility index (Phi) is 2.62. The second-order valence-corrected chi connectivity index (χ2v) is 2.08. The van der Waals surface area contributed by atoms with Crippen molar-refractivity contribution in [1.82, 2.24) is 10.2 Å². The summed E-state index contributed by atoms with van der Waals surface area (Å²) in [5.41, 5.74) is 5.90. The van der Waals surface area contributed by atoms with Crippen molar-refractivity contribution in [1.29, 1.82) is 0 Å². The number of aromatic nitrogens is 2. The summed E-state index contributed by atoms with van der Waals surface area (Å²) >= 11 is 0. The van der Waals surface area contributed by atoms with E-state index in [4.69, 9.17) is 5.73 Å². The maximum Gasteiger partial charge on any atom is 0.165 e. The number of ketones is 1. The fraction of sp³-hybridized carbons (Fsp3) is 0.333. The first-order valence-electron chi connectivity index (χ1n) is 3.27. The Morgan fingerprint density at radius 1 is 1.82 bits per heavy atom. The van der Waals surface area contributed by atoms with Gasteiger partial charge in [0.1, 0.15) is 0 Å². The van der Waals surface area contributed by atoms with Gasteiger partial charge in [0.2, 0.25) is 0 Å². The predicted octanol–water partition coefficient (Wildman–Crippen LogP) is -0.651. The standard InChI is InChI=1S/C6H10N4O/c7-1-6(11)4-8-5-2-9-10-3-5/h2-3,8H,1,4,7H2,(H,9,10). The molecule has 60 valence electrons. The van der Waals surface area contributed by atoms with Crippen molar-refractivity contribution in [3.8, 4) is 0 Å². The molecule has 4 N–H and O–H groups in total. The number of H-pyrrole nitrogens is 1. The van der Waals surface area contributed by atoms with Gasteiger partial charge >= 0.3 is 0 Å². The monoisotopic (exact) mass is 154 g/mol. The smallest absolute Gasteiger partial charge is 0.165 e. The number of aromatic amines is 1. The third-order valence-corrected chi connectivity index (χ3v) is 1.22. The SMILES string of the molecule is NCC(=O)CNc1cn[nH]c1. The van der Waals surface area contributed by atoms with Crippen LogP contribution in [0.4, 0.5) is 5.69 Å². The van der Waals surface area contributed by atoms with Gasteiger partial charge in [0.05, 0.1) is 25.0 Å². The Morgan fingerprint density at radius 2 is 2.64 bits per heavy atom. The van der Waals surface area contributed by atoms with Crippen LogP contribution < -0.4 is 11.1 Å². The Hall–Kier alpha value is -1.36. The number of hydrogen-bond acceptors (Lipinski definition) is 4. The van der Waals surface area contributed by atoms with E-state index in [1.54, 1.807) is 12.4 Å². The molecule has 0 atom stereocenters. The number of nitrogens with two attached hydrogens (primary N) is 1. The molecule has 5 nitrogen and oxygen atoms in total. The molecule has 0 aromatic carbocycles. The van der Waals surface area contributed by atoms with Gasteiger partial charge in [-0.2, -0.15) is 5.10 Å². The van der Waals surface area contributed by atoms with Crippen LogP contribution in [0.3, 0.4) is 0 Å². The van der Waals surface area contributed by atoms with E-state index in [2.05, 4.69) is 15.5 Å². The van der Waals surface area contributed by atoms with E-state index in [0.717, 1.165) is 5.69 Å². The summed E-state index contributed by atoms with van der Waals surface area (Å²) in [6.07, 6.45) is 3.27. The van der Waals surface area contributed by atoms with Gasteiger partial charge < -0.3 is 11.1 Å². The van der Waals surface area contributed by atoms with Gasteiger partial charge in [0, 0.05) is 6.20 Å². The number of rotatable bonds is 4. The van der Waals surface area contributed by atoms with Gasteiger partial charge in [-0.3, -0.25) is 9.89 Å². The van der Waals surface area contributed by atoms with Crippen LogP contribution in [0.5, 0.6) is 0 Å². The van der Waals surface area contributed by atoms with Crippen LogP contribution in [0.25, 0.3) is 0 Å². The molecule has 0 aliphatic carbocycles. The van der Waals surface area contributed by atoms with Crippen molar-refractivity contribution in [2.75, 3.05) is 18.4 Å². The van der Waals surface area contributed by atoms with E-state index < -0.39 is 0 Å². The van der Waals surface area contributed by atoms with Crippen LogP contribution >= 0.6 is 0 Å². The highest BCUT2D eigenvalue weighted by Crippen LogP contribution is 1.98. The summed E-state index contributed by atoms with van der Waals surface area (Å²) in [7, 11) is 0. The van der Waals surface area contributed by atoms with E-state index in [0.29, 0.717) is 0 Å². The van der Waals surface area contributed by atoms with Gasteiger partial charge in [-0.25, -0.2) is 0 Å². The minimum Gasteiger partial charge on any atom is -0.375 e. The van der Waals surface area contributed by atoms with Crippen molar-refractivity contribution in [3.05, 3.63) is 12.4 Å². The molecule has 11 heavy (non-hydrogen) atoms. The Bertz CT molecular complexity index is 218. The van der Waals surface area contributed by atoms with E-state index in [-0.39, 0.29) is 18.9 Å². The van der Waals surface area contributed by atoms with Gasteiger partial charge in [-0.05, 0) is 0 Å². The minimum atomic E-state index is -0.0220. The molecule has 1 heterocycles. The lowest BCUT2D eigenvalue weighted by molar-refractivity contribution is -0.116. The molecule has 0 fully saturated rings. The average molecular weight is 154 g/mol. The quantitative estimate of drug-likeness (QED) is 0.538.